The van der Waals surface area contributed by atoms with Crippen LogP contribution in [0.3, 0.4) is 0 Å². The molecule has 0 amide bonds. The molecular weight excluding hydrogens is 214 g/mol. The first-order valence-electron chi connectivity index (χ1n) is 5.06. The van der Waals surface area contributed by atoms with Gasteiger partial charge in [0.2, 0.25) is 11.8 Å². The Morgan fingerprint density at radius 3 is 2.87 bits per heavy atom. The molecule has 1 rings (SSSR count). The second kappa shape index (κ2) is 5.75. The van der Waals surface area contributed by atoms with Gasteiger partial charge in [0.25, 0.3) is 0 Å². The normalized spacial score (nSPS) is 10.5. The highest BCUT2D eigenvalue weighted by atomic mass is 35.5. The Morgan fingerprint density at radius 2 is 2.27 bits per heavy atom. The molecule has 1 N–H and O–H groups in total. The Morgan fingerprint density at radius 1 is 1.53 bits per heavy atom. The third-order valence-corrected chi connectivity index (χ3v) is 1.85. The van der Waals surface area contributed by atoms with E-state index in [1.54, 1.807) is 6.20 Å². The Balaban J connectivity index is 2.75. The molecule has 0 saturated heterocycles. The Labute approximate surface area is 95.0 Å². The molecule has 0 fully saturated rings. The maximum absolute atomic E-state index is 5.90. The summed E-state index contributed by atoms with van der Waals surface area (Å²) in [4.78, 5) is 8.22. The molecule has 5 heteroatoms. The van der Waals surface area contributed by atoms with Crippen LogP contribution >= 0.6 is 11.6 Å². The minimum Gasteiger partial charge on any atom is -0.474 e. The van der Waals surface area contributed by atoms with E-state index in [9.17, 15) is 0 Å². The first-order valence-corrected chi connectivity index (χ1v) is 5.44. The standard InChI is InChI=1S/C10H16ClN3O/c1-4-5-12-10-13-6-8(11)9(14-10)15-7(2)3/h6-7H,4-5H2,1-3H3,(H,12,13,14). The monoisotopic (exact) mass is 229 g/mol. The van der Waals surface area contributed by atoms with Gasteiger partial charge in [-0.1, -0.05) is 18.5 Å². The lowest BCUT2D eigenvalue weighted by Gasteiger charge is -2.11. The summed E-state index contributed by atoms with van der Waals surface area (Å²) in [5.41, 5.74) is 0. The van der Waals surface area contributed by atoms with Crippen LogP contribution in [0.15, 0.2) is 6.20 Å². The lowest BCUT2D eigenvalue weighted by molar-refractivity contribution is 0.233. The second-order valence-corrected chi connectivity index (χ2v) is 3.85. The number of aromatic nitrogens is 2. The smallest absolute Gasteiger partial charge is 0.237 e. The van der Waals surface area contributed by atoms with Crippen LogP contribution in [0.2, 0.25) is 5.02 Å². The van der Waals surface area contributed by atoms with E-state index in [-0.39, 0.29) is 6.10 Å². The van der Waals surface area contributed by atoms with Crippen molar-refractivity contribution in [3.63, 3.8) is 0 Å². The lowest BCUT2D eigenvalue weighted by atomic mass is 10.5. The van der Waals surface area contributed by atoms with Crippen molar-refractivity contribution in [3.8, 4) is 5.88 Å². The van der Waals surface area contributed by atoms with Crippen LogP contribution in [-0.2, 0) is 0 Å². The summed E-state index contributed by atoms with van der Waals surface area (Å²) in [7, 11) is 0. The number of nitrogens with one attached hydrogen (secondary N) is 1. The van der Waals surface area contributed by atoms with Crippen molar-refractivity contribution in [3.05, 3.63) is 11.2 Å². The lowest BCUT2D eigenvalue weighted by Crippen LogP contribution is -2.10. The SMILES string of the molecule is CCCNc1ncc(Cl)c(OC(C)C)n1. The van der Waals surface area contributed by atoms with Crippen LogP contribution in [0.25, 0.3) is 0 Å². The van der Waals surface area contributed by atoms with Crippen LogP contribution in [0.4, 0.5) is 5.95 Å². The molecule has 0 aromatic carbocycles. The van der Waals surface area contributed by atoms with Crippen molar-refractivity contribution in [1.82, 2.24) is 9.97 Å². The van der Waals surface area contributed by atoms with Gasteiger partial charge in [0.1, 0.15) is 5.02 Å². The van der Waals surface area contributed by atoms with E-state index in [4.69, 9.17) is 16.3 Å². The summed E-state index contributed by atoms with van der Waals surface area (Å²) >= 11 is 5.90. The van der Waals surface area contributed by atoms with Crippen molar-refractivity contribution in [2.45, 2.75) is 33.3 Å². The molecule has 0 aliphatic rings. The highest BCUT2D eigenvalue weighted by molar-refractivity contribution is 6.31. The molecule has 0 aliphatic heterocycles. The molecular formula is C10H16ClN3O. The fraction of sp³-hybridized carbons (Fsp3) is 0.600. The fourth-order valence-corrected chi connectivity index (χ4v) is 1.11. The third kappa shape index (κ3) is 3.91. The van der Waals surface area contributed by atoms with E-state index in [0.717, 1.165) is 13.0 Å². The number of hydrogen-bond acceptors (Lipinski definition) is 4. The van der Waals surface area contributed by atoms with Crippen LogP contribution in [0.1, 0.15) is 27.2 Å². The first-order chi connectivity index (χ1) is 7.13. The number of nitrogens with zero attached hydrogens (tertiary/aromatic N) is 2. The molecule has 1 aromatic heterocycles. The molecule has 1 aromatic rings. The highest BCUT2D eigenvalue weighted by Crippen LogP contribution is 2.22. The first kappa shape index (κ1) is 12.0. The number of halogens is 1. The van der Waals surface area contributed by atoms with Crippen LogP contribution in [-0.4, -0.2) is 22.6 Å². The van der Waals surface area contributed by atoms with Gasteiger partial charge in [-0.2, -0.15) is 4.98 Å². The number of hydrogen-bond donors (Lipinski definition) is 1. The van der Waals surface area contributed by atoms with E-state index in [1.165, 1.54) is 0 Å². The average molecular weight is 230 g/mol. The molecule has 4 nitrogen and oxygen atoms in total. The largest absolute Gasteiger partial charge is 0.474 e. The average Bonchev–Trinajstić information content (AvgIpc) is 2.18. The molecule has 0 bridgehead atoms. The molecule has 15 heavy (non-hydrogen) atoms. The summed E-state index contributed by atoms with van der Waals surface area (Å²) in [6, 6.07) is 0. The predicted octanol–water partition coefficient (Wildman–Crippen LogP) is 2.74. The molecule has 0 saturated carbocycles. The quantitative estimate of drug-likeness (QED) is 0.844. The van der Waals surface area contributed by atoms with Gasteiger partial charge in [0.05, 0.1) is 12.3 Å². The van der Waals surface area contributed by atoms with Crippen molar-refractivity contribution in [1.29, 1.82) is 0 Å². The van der Waals surface area contributed by atoms with E-state index in [0.29, 0.717) is 16.9 Å². The zero-order chi connectivity index (χ0) is 11.3. The van der Waals surface area contributed by atoms with Gasteiger partial charge in [-0.25, -0.2) is 4.98 Å². The molecule has 0 unspecified atom stereocenters. The second-order valence-electron chi connectivity index (χ2n) is 3.44. The number of rotatable bonds is 5. The minimum absolute atomic E-state index is 0.0522. The maximum Gasteiger partial charge on any atom is 0.237 e. The molecule has 1 heterocycles. The molecule has 0 radical (unpaired) electrons. The molecule has 84 valence electrons. The van der Waals surface area contributed by atoms with Gasteiger partial charge < -0.3 is 10.1 Å². The zero-order valence-corrected chi connectivity index (χ0v) is 10.0. The summed E-state index contributed by atoms with van der Waals surface area (Å²) in [6.07, 6.45) is 2.62. The van der Waals surface area contributed by atoms with Crippen LogP contribution < -0.4 is 10.1 Å². The zero-order valence-electron chi connectivity index (χ0n) is 9.25. The van der Waals surface area contributed by atoms with Crippen molar-refractivity contribution in [2.24, 2.45) is 0 Å². The third-order valence-electron chi connectivity index (χ3n) is 1.59. The molecule has 0 spiro atoms. The van der Waals surface area contributed by atoms with Crippen LogP contribution in [0.5, 0.6) is 5.88 Å². The number of ether oxygens (including phenoxy) is 1. The Kier molecular flexibility index (Phi) is 4.62. The highest BCUT2D eigenvalue weighted by Gasteiger charge is 2.07. The summed E-state index contributed by atoms with van der Waals surface area (Å²) in [5, 5.41) is 3.51. The summed E-state index contributed by atoms with van der Waals surface area (Å²) < 4.78 is 5.44. The van der Waals surface area contributed by atoms with Gasteiger partial charge in [-0.05, 0) is 20.3 Å². The van der Waals surface area contributed by atoms with Crippen LogP contribution in [0, 0.1) is 0 Å². The van der Waals surface area contributed by atoms with Crippen molar-refractivity contribution < 1.29 is 4.74 Å². The topological polar surface area (TPSA) is 47.0 Å². The fourth-order valence-electron chi connectivity index (χ4n) is 0.979. The van der Waals surface area contributed by atoms with E-state index in [1.807, 2.05) is 13.8 Å². The van der Waals surface area contributed by atoms with E-state index in [2.05, 4.69) is 22.2 Å². The van der Waals surface area contributed by atoms with E-state index >= 15 is 0 Å². The summed E-state index contributed by atoms with van der Waals surface area (Å²) in [6.45, 7) is 6.77. The Hall–Kier alpha value is -1.03. The maximum atomic E-state index is 5.90. The predicted molar refractivity (Wildman–Crippen MR) is 61.6 cm³/mol. The Bertz CT molecular complexity index is 318. The molecule has 0 aliphatic carbocycles. The number of anilines is 1. The minimum atomic E-state index is 0.0522. The van der Waals surface area contributed by atoms with Crippen molar-refractivity contribution >= 4 is 17.5 Å². The van der Waals surface area contributed by atoms with E-state index < -0.39 is 0 Å². The van der Waals surface area contributed by atoms with Gasteiger partial charge in [-0.15, -0.1) is 0 Å². The van der Waals surface area contributed by atoms with Gasteiger partial charge in [0, 0.05) is 6.54 Å². The van der Waals surface area contributed by atoms with Gasteiger partial charge in [-0.3, -0.25) is 0 Å². The van der Waals surface area contributed by atoms with Gasteiger partial charge >= 0.3 is 0 Å². The summed E-state index contributed by atoms with van der Waals surface area (Å²) in [5.74, 6) is 0.983. The molecule has 0 atom stereocenters. The van der Waals surface area contributed by atoms with Gasteiger partial charge in [0.15, 0.2) is 0 Å². The van der Waals surface area contributed by atoms with Crippen molar-refractivity contribution in [2.75, 3.05) is 11.9 Å².